The Balaban J connectivity index is 2.30. The van der Waals surface area contributed by atoms with Gasteiger partial charge in [-0.15, -0.1) is 0 Å². The highest BCUT2D eigenvalue weighted by Crippen LogP contribution is 2.24. The van der Waals surface area contributed by atoms with Crippen LogP contribution in [0.4, 0.5) is 14.7 Å². The van der Waals surface area contributed by atoms with E-state index in [-0.39, 0.29) is 23.0 Å². The van der Waals surface area contributed by atoms with Crippen molar-refractivity contribution in [2.45, 2.75) is 6.92 Å². The van der Waals surface area contributed by atoms with Crippen molar-refractivity contribution in [3.05, 3.63) is 35.1 Å². The van der Waals surface area contributed by atoms with E-state index < -0.39 is 11.6 Å². The molecule has 0 atom stereocenters. The van der Waals surface area contributed by atoms with Gasteiger partial charge in [-0.05, 0) is 30.7 Å². The number of ether oxygens (including phenoxy) is 1. The highest BCUT2D eigenvalue weighted by Gasteiger charge is 2.12. The lowest BCUT2D eigenvalue weighted by molar-refractivity contribution is 0.392. The molecule has 0 saturated carbocycles. The van der Waals surface area contributed by atoms with Gasteiger partial charge >= 0.3 is 6.01 Å². The standard InChI is InChI=1S/C11H9ClF2N4O/c1-2-15-10-16-9(12)17-11(18-10)19-7-5-3-4-6(13)8(7)14/h3-5H,2H2,1H3,(H,15,16,17,18). The third-order valence-electron chi connectivity index (χ3n) is 2.04. The predicted molar refractivity (Wildman–Crippen MR) is 65.4 cm³/mol. The van der Waals surface area contributed by atoms with Crippen molar-refractivity contribution in [3.8, 4) is 11.8 Å². The smallest absolute Gasteiger partial charge is 0.328 e. The van der Waals surface area contributed by atoms with Gasteiger partial charge in [0.25, 0.3) is 0 Å². The van der Waals surface area contributed by atoms with Gasteiger partial charge < -0.3 is 10.1 Å². The lowest BCUT2D eigenvalue weighted by atomic mass is 10.3. The van der Waals surface area contributed by atoms with E-state index in [9.17, 15) is 8.78 Å². The fraction of sp³-hybridized carbons (Fsp3) is 0.182. The summed E-state index contributed by atoms with van der Waals surface area (Å²) < 4.78 is 31.5. The number of benzene rings is 1. The van der Waals surface area contributed by atoms with Crippen LogP contribution in [0.3, 0.4) is 0 Å². The first-order valence-corrected chi connectivity index (χ1v) is 5.75. The van der Waals surface area contributed by atoms with Crippen LogP contribution in [0.1, 0.15) is 6.92 Å². The van der Waals surface area contributed by atoms with Gasteiger partial charge in [-0.3, -0.25) is 0 Å². The first-order valence-electron chi connectivity index (χ1n) is 5.37. The Bertz CT molecular complexity index is 597. The van der Waals surface area contributed by atoms with Crippen LogP contribution in [-0.2, 0) is 0 Å². The lowest BCUT2D eigenvalue weighted by Gasteiger charge is -2.07. The molecule has 0 fully saturated rings. The molecule has 1 aromatic heterocycles. The molecule has 0 spiro atoms. The number of nitrogens with zero attached hydrogens (tertiary/aromatic N) is 3. The zero-order valence-electron chi connectivity index (χ0n) is 9.82. The minimum absolute atomic E-state index is 0.113. The van der Waals surface area contributed by atoms with E-state index in [4.69, 9.17) is 16.3 Å². The van der Waals surface area contributed by atoms with Crippen LogP contribution in [0.25, 0.3) is 0 Å². The molecular formula is C11H9ClF2N4O. The van der Waals surface area contributed by atoms with E-state index in [0.717, 1.165) is 6.07 Å². The second-order valence-corrected chi connectivity index (χ2v) is 3.73. The number of anilines is 1. The number of rotatable bonds is 4. The van der Waals surface area contributed by atoms with Crippen molar-refractivity contribution in [2.24, 2.45) is 0 Å². The van der Waals surface area contributed by atoms with Crippen LogP contribution in [0.2, 0.25) is 5.28 Å². The van der Waals surface area contributed by atoms with Crippen molar-refractivity contribution in [2.75, 3.05) is 11.9 Å². The van der Waals surface area contributed by atoms with Gasteiger partial charge in [-0.25, -0.2) is 4.39 Å². The molecule has 100 valence electrons. The summed E-state index contributed by atoms with van der Waals surface area (Å²) in [5.74, 6) is -2.28. The van der Waals surface area contributed by atoms with Crippen molar-refractivity contribution < 1.29 is 13.5 Å². The summed E-state index contributed by atoms with van der Waals surface area (Å²) >= 11 is 5.67. The molecule has 1 N–H and O–H groups in total. The monoisotopic (exact) mass is 286 g/mol. The molecule has 19 heavy (non-hydrogen) atoms. The molecule has 0 amide bonds. The topological polar surface area (TPSA) is 59.9 Å². The molecule has 2 rings (SSSR count). The quantitative estimate of drug-likeness (QED) is 0.936. The summed E-state index contributed by atoms with van der Waals surface area (Å²) in [6.45, 7) is 2.40. The van der Waals surface area contributed by atoms with Crippen molar-refractivity contribution >= 4 is 17.5 Å². The minimum atomic E-state index is -1.12. The maximum Gasteiger partial charge on any atom is 0.328 e. The zero-order valence-corrected chi connectivity index (χ0v) is 10.6. The van der Waals surface area contributed by atoms with Crippen LogP contribution < -0.4 is 10.1 Å². The largest absolute Gasteiger partial charge is 0.421 e. The van der Waals surface area contributed by atoms with Crippen LogP contribution >= 0.6 is 11.6 Å². The molecular weight excluding hydrogens is 278 g/mol. The summed E-state index contributed by atoms with van der Waals surface area (Å²) in [5, 5.41) is 2.69. The fourth-order valence-electron chi connectivity index (χ4n) is 1.28. The Morgan fingerprint density at radius 3 is 2.79 bits per heavy atom. The Morgan fingerprint density at radius 2 is 2.05 bits per heavy atom. The second kappa shape index (κ2) is 5.75. The fourth-order valence-corrected chi connectivity index (χ4v) is 1.43. The molecule has 0 unspecified atom stereocenters. The Hall–Kier alpha value is -2.02. The number of nitrogens with one attached hydrogen (secondary N) is 1. The van der Waals surface area contributed by atoms with Crippen LogP contribution in [-0.4, -0.2) is 21.5 Å². The average molecular weight is 287 g/mol. The SMILES string of the molecule is CCNc1nc(Cl)nc(Oc2cccc(F)c2F)n1. The summed E-state index contributed by atoms with van der Waals surface area (Å²) in [6.07, 6.45) is 0. The minimum Gasteiger partial charge on any atom is -0.421 e. The summed E-state index contributed by atoms with van der Waals surface area (Å²) in [4.78, 5) is 11.3. The molecule has 1 aromatic carbocycles. The summed E-state index contributed by atoms with van der Waals surface area (Å²) in [6, 6.07) is 3.32. The Labute approximate surface area is 112 Å². The van der Waals surface area contributed by atoms with Gasteiger partial charge in [0.05, 0.1) is 0 Å². The maximum absolute atomic E-state index is 13.4. The Kier molecular flexibility index (Phi) is 4.06. The van der Waals surface area contributed by atoms with Gasteiger partial charge in [0.1, 0.15) is 0 Å². The van der Waals surface area contributed by atoms with Crippen molar-refractivity contribution in [3.63, 3.8) is 0 Å². The molecule has 8 heteroatoms. The highest BCUT2D eigenvalue weighted by molar-refractivity contribution is 6.28. The van der Waals surface area contributed by atoms with E-state index in [1.165, 1.54) is 12.1 Å². The summed E-state index contributed by atoms with van der Waals surface area (Å²) in [7, 11) is 0. The van der Waals surface area contributed by atoms with Gasteiger partial charge in [0.15, 0.2) is 11.6 Å². The van der Waals surface area contributed by atoms with E-state index in [1.807, 2.05) is 6.92 Å². The van der Waals surface area contributed by atoms with Gasteiger partial charge in [0, 0.05) is 6.54 Å². The van der Waals surface area contributed by atoms with Crippen LogP contribution in [0.15, 0.2) is 18.2 Å². The van der Waals surface area contributed by atoms with E-state index >= 15 is 0 Å². The van der Waals surface area contributed by atoms with Gasteiger partial charge in [-0.2, -0.15) is 19.3 Å². The van der Waals surface area contributed by atoms with Crippen molar-refractivity contribution in [1.82, 2.24) is 15.0 Å². The maximum atomic E-state index is 13.4. The predicted octanol–water partition coefficient (Wildman–Crippen LogP) is 3.03. The van der Waals surface area contributed by atoms with E-state index in [0.29, 0.717) is 6.54 Å². The number of hydrogen-bond donors (Lipinski definition) is 1. The molecule has 1 heterocycles. The van der Waals surface area contributed by atoms with E-state index in [1.54, 1.807) is 0 Å². The molecule has 2 aromatic rings. The molecule has 0 aliphatic heterocycles. The average Bonchev–Trinajstić information content (AvgIpc) is 2.35. The third-order valence-corrected chi connectivity index (χ3v) is 2.21. The summed E-state index contributed by atoms with van der Waals surface area (Å²) in [5.41, 5.74) is 0. The normalized spacial score (nSPS) is 10.3. The molecule has 0 bridgehead atoms. The first kappa shape index (κ1) is 13.4. The molecule has 5 nitrogen and oxygen atoms in total. The second-order valence-electron chi connectivity index (χ2n) is 3.39. The zero-order chi connectivity index (χ0) is 13.8. The molecule has 0 aliphatic rings. The first-order chi connectivity index (χ1) is 9.10. The highest BCUT2D eigenvalue weighted by atomic mass is 35.5. The lowest BCUT2D eigenvalue weighted by Crippen LogP contribution is -2.05. The number of hydrogen-bond acceptors (Lipinski definition) is 5. The molecule has 0 aliphatic carbocycles. The third kappa shape index (κ3) is 3.25. The van der Waals surface area contributed by atoms with Crippen LogP contribution in [0, 0.1) is 11.6 Å². The number of aromatic nitrogens is 3. The number of halogens is 3. The Morgan fingerprint density at radius 1 is 1.26 bits per heavy atom. The van der Waals surface area contributed by atoms with Crippen molar-refractivity contribution in [1.29, 1.82) is 0 Å². The van der Waals surface area contributed by atoms with Crippen LogP contribution in [0.5, 0.6) is 11.8 Å². The molecule has 0 saturated heterocycles. The van der Waals surface area contributed by atoms with Gasteiger partial charge in [0.2, 0.25) is 17.0 Å². The van der Waals surface area contributed by atoms with E-state index in [2.05, 4.69) is 20.3 Å². The molecule has 0 radical (unpaired) electrons. The van der Waals surface area contributed by atoms with Gasteiger partial charge in [-0.1, -0.05) is 6.07 Å².